The van der Waals surface area contributed by atoms with E-state index in [0.717, 1.165) is 5.56 Å². The van der Waals surface area contributed by atoms with Gasteiger partial charge in [-0.25, -0.2) is 9.42 Å². The number of nitrogen functional groups attached to an aromatic ring is 1. The average Bonchev–Trinajstić information content (AvgIpc) is 2.77. The summed E-state index contributed by atoms with van der Waals surface area (Å²) in [7, 11) is 0. The van der Waals surface area contributed by atoms with Gasteiger partial charge in [0.2, 0.25) is 11.5 Å². The van der Waals surface area contributed by atoms with Crippen LogP contribution in [0.25, 0.3) is 0 Å². The number of amides is 1. The Morgan fingerprint density at radius 1 is 1.37 bits per heavy atom. The molecule has 2 rings (SSSR count). The first-order valence-corrected chi connectivity index (χ1v) is 5.22. The minimum atomic E-state index is -1.15. The second-order valence-corrected chi connectivity index (χ2v) is 3.81. The van der Waals surface area contributed by atoms with Crippen LogP contribution in [0.15, 0.2) is 22.8 Å². The van der Waals surface area contributed by atoms with Crippen molar-refractivity contribution < 1.29 is 19.3 Å². The number of carboxylic acid groups (broad SMARTS) is 1. The van der Waals surface area contributed by atoms with Gasteiger partial charge in [-0.05, 0) is 29.4 Å². The monoisotopic (exact) mass is 262 g/mol. The van der Waals surface area contributed by atoms with E-state index in [0.29, 0.717) is 0 Å². The summed E-state index contributed by atoms with van der Waals surface area (Å²) >= 11 is 0. The highest BCUT2D eigenvalue weighted by Crippen LogP contribution is 2.19. The SMILES string of the molecule is Cc1ccc(NC(=O)c2nonc2N)c(C(=O)O)c1. The molecule has 4 N–H and O–H groups in total. The summed E-state index contributed by atoms with van der Waals surface area (Å²) in [6.45, 7) is 1.75. The highest BCUT2D eigenvalue weighted by molar-refractivity contribution is 6.08. The van der Waals surface area contributed by atoms with Gasteiger partial charge >= 0.3 is 5.97 Å². The molecule has 0 aliphatic rings. The van der Waals surface area contributed by atoms with Crippen LogP contribution in [0.1, 0.15) is 26.4 Å². The molecule has 0 aliphatic heterocycles. The third kappa shape index (κ3) is 2.51. The van der Waals surface area contributed by atoms with Gasteiger partial charge in [-0.2, -0.15) is 0 Å². The van der Waals surface area contributed by atoms with Gasteiger partial charge < -0.3 is 16.2 Å². The fourth-order valence-electron chi connectivity index (χ4n) is 1.48. The number of anilines is 2. The fraction of sp³-hybridized carbons (Fsp3) is 0.0909. The van der Waals surface area contributed by atoms with Crippen LogP contribution in [0, 0.1) is 6.92 Å². The lowest BCUT2D eigenvalue weighted by Gasteiger charge is -2.07. The van der Waals surface area contributed by atoms with Gasteiger partial charge in [0.25, 0.3) is 5.91 Å². The zero-order valence-corrected chi connectivity index (χ0v) is 9.88. The maximum Gasteiger partial charge on any atom is 0.337 e. The Hall–Kier alpha value is -2.90. The molecule has 0 bridgehead atoms. The molecule has 0 atom stereocenters. The standard InChI is InChI=1S/C11H10N4O4/c1-5-2-3-7(6(4-5)11(17)18)13-10(16)8-9(12)15-19-14-8/h2-4H,1H3,(H2,12,15)(H,13,16)(H,17,18). The number of rotatable bonds is 3. The smallest absolute Gasteiger partial charge is 0.337 e. The number of hydrogen-bond donors (Lipinski definition) is 3. The number of benzene rings is 1. The van der Waals surface area contributed by atoms with Crippen molar-refractivity contribution in [2.24, 2.45) is 0 Å². The Morgan fingerprint density at radius 2 is 2.11 bits per heavy atom. The van der Waals surface area contributed by atoms with Crippen LogP contribution in [-0.2, 0) is 0 Å². The average molecular weight is 262 g/mol. The Balaban J connectivity index is 2.32. The molecule has 8 nitrogen and oxygen atoms in total. The zero-order valence-electron chi connectivity index (χ0n) is 9.88. The lowest BCUT2D eigenvalue weighted by Crippen LogP contribution is -2.16. The molecule has 0 fully saturated rings. The summed E-state index contributed by atoms with van der Waals surface area (Å²) in [5, 5.41) is 18.1. The fourth-order valence-corrected chi connectivity index (χ4v) is 1.48. The minimum Gasteiger partial charge on any atom is -0.478 e. The highest BCUT2D eigenvalue weighted by Gasteiger charge is 2.19. The van der Waals surface area contributed by atoms with Gasteiger partial charge in [0.15, 0.2) is 0 Å². The number of aryl methyl sites for hydroxylation is 1. The molecular weight excluding hydrogens is 252 g/mol. The summed E-state index contributed by atoms with van der Waals surface area (Å²) in [5.41, 5.74) is 6.06. The number of nitrogens with two attached hydrogens (primary N) is 1. The zero-order chi connectivity index (χ0) is 14.0. The molecule has 2 aromatic rings. The first-order valence-electron chi connectivity index (χ1n) is 5.22. The van der Waals surface area contributed by atoms with Crippen molar-refractivity contribution in [2.45, 2.75) is 6.92 Å². The number of nitrogens with one attached hydrogen (secondary N) is 1. The van der Waals surface area contributed by atoms with Gasteiger partial charge in [-0.1, -0.05) is 11.6 Å². The van der Waals surface area contributed by atoms with Crippen molar-refractivity contribution in [1.29, 1.82) is 0 Å². The Labute approximate surface area is 107 Å². The van der Waals surface area contributed by atoms with Crippen LogP contribution in [0.4, 0.5) is 11.5 Å². The maximum absolute atomic E-state index is 11.8. The second kappa shape index (κ2) is 4.77. The van der Waals surface area contributed by atoms with Crippen molar-refractivity contribution in [3.63, 3.8) is 0 Å². The highest BCUT2D eigenvalue weighted by atomic mass is 16.6. The lowest BCUT2D eigenvalue weighted by atomic mass is 10.1. The number of carbonyl (C=O) groups is 2. The molecule has 0 radical (unpaired) electrons. The normalized spacial score (nSPS) is 10.2. The van der Waals surface area contributed by atoms with Crippen molar-refractivity contribution in [3.8, 4) is 0 Å². The van der Waals surface area contributed by atoms with E-state index in [1.165, 1.54) is 12.1 Å². The van der Waals surface area contributed by atoms with E-state index in [-0.39, 0.29) is 22.8 Å². The molecule has 0 aliphatic carbocycles. The molecular formula is C11H10N4O4. The number of nitrogens with zero attached hydrogens (tertiary/aromatic N) is 2. The van der Waals surface area contributed by atoms with E-state index in [2.05, 4.69) is 20.3 Å². The summed E-state index contributed by atoms with van der Waals surface area (Å²) < 4.78 is 4.30. The van der Waals surface area contributed by atoms with Crippen molar-refractivity contribution in [1.82, 2.24) is 10.3 Å². The van der Waals surface area contributed by atoms with Gasteiger partial charge in [0, 0.05) is 0 Å². The van der Waals surface area contributed by atoms with Crippen LogP contribution < -0.4 is 11.1 Å². The molecule has 0 saturated carbocycles. The summed E-state index contributed by atoms with van der Waals surface area (Å²) in [5.74, 6) is -2.00. The Morgan fingerprint density at radius 3 is 2.68 bits per heavy atom. The molecule has 1 amide bonds. The molecule has 0 unspecified atom stereocenters. The van der Waals surface area contributed by atoms with Crippen LogP contribution in [0.5, 0.6) is 0 Å². The van der Waals surface area contributed by atoms with Crippen LogP contribution in [0.2, 0.25) is 0 Å². The topological polar surface area (TPSA) is 131 Å². The van der Waals surface area contributed by atoms with E-state index in [1.807, 2.05) is 0 Å². The van der Waals surface area contributed by atoms with Crippen LogP contribution >= 0.6 is 0 Å². The lowest BCUT2D eigenvalue weighted by molar-refractivity contribution is 0.0698. The van der Waals surface area contributed by atoms with E-state index in [4.69, 9.17) is 10.8 Å². The first kappa shape index (κ1) is 12.6. The first-order chi connectivity index (χ1) is 8.99. The van der Waals surface area contributed by atoms with Gasteiger partial charge in [-0.3, -0.25) is 4.79 Å². The van der Waals surface area contributed by atoms with Gasteiger partial charge in [0.05, 0.1) is 11.3 Å². The van der Waals surface area contributed by atoms with Crippen LogP contribution in [-0.4, -0.2) is 27.3 Å². The Kier molecular flexibility index (Phi) is 3.15. The minimum absolute atomic E-state index is 0.0247. The number of hydrogen-bond acceptors (Lipinski definition) is 6. The largest absolute Gasteiger partial charge is 0.478 e. The molecule has 0 spiro atoms. The molecule has 0 saturated heterocycles. The Bertz CT molecular complexity index is 650. The predicted molar refractivity (Wildman–Crippen MR) is 64.8 cm³/mol. The summed E-state index contributed by atoms with van der Waals surface area (Å²) in [4.78, 5) is 22.9. The molecule has 98 valence electrons. The van der Waals surface area contributed by atoms with E-state index in [9.17, 15) is 9.59 Å². The number of carbonyl (C=O) groups excluding carboxylic acids is 1. The van der Waals surface area contributed by atoms with E-state index < -0.39 is 11.9 Å². The predicted octanol–water partition coefficient (Wildman–Crippen LogP) is 0.911. The third-order valence-corrected chi connectivity index (χ3v) is 2.38. The van der Waals surface area contributed by atoms with E-state index in [1.54, 1.807) is 13.0 Å². The summed E-state index contributed by atoms with van der Waals surface area (Å²) in [6, 6.07) is 4.61. The van der Waals surface area contributed by atoms with Crippen LogP contribution in [0.3, 0.4) is 0 Å². The number of aromatic carboxylic acids is 1. The molecule has 1 heterocycles. The maximum atomic E-state index is 11.8. The van der Waals surface area contributed by atoms with Gasteiger partial charge in [0.1, 0.15) is 0 Å². The van der Waals surface area contributed by atoms with Crippen molar-refractivity contribution in [3.05, 3.63) is 35.0 Å². The third-order valence-electron chi connectivity index (χ3n) is 2.38. The van der Waals surface area contributed by atoms with Crippen molar-refractivity contribution >= 4 is 23.4 Å². The number of carboxylic acids is 1. The van der Waals surface area contributed by atoms with E-state index >= 15 is 0 Å². The quantitative estimate of drug-likeness (QED) is 0.748. The number of aromatic nitrogens is 2. The summed E-state index contributed by atoms with van der Waals surface area (Å²) in [6.07, 6.45) is 0. The van der Waals surface area contributed by atoms with Gasteiger partial charge in [-0.15, -0.1) is 0 Å². The molecule has 8 heteroatoms. The molecule has 1 aromatic carbocycles. The molecule has 1 aromatic heterocycles. The molecule has 19 heavy (non-hydrogen) atoms. The second-order valence-electron chi connectivity index (χ2n) is 3.81. The van der Waals surface area contributed by atoms with Crippen molar-refractivity contribution in [2.75, 3.05) is 11.1 Å².